The SMILES string of the molecule is C=CCOC(=O)C1=C(C)Nc2nc(SCC)nn2C1c1cc(Br)c(OCC)c(OCC)c1. The molecule has 0 aliphatic carbocycles. The van der Waals surface area contributed by atoms with Gasteiger partial charge in [0.2, 0.25) is 11.1 Å². The fraction of sp³-hybridized carbons (Fsp3) is 0.409. The Morgan fingerprint density at radius 3 is 2.72 bits per heavy atom. The molecule has 1 aliphatic rings. The predicted molar refractivity (Wildman–Crippen MR) is 129 cm³/mol. The van der Waals surface area contributed by atoms with Gasteiger partial charge in [-0.05, 0) is 60.2 Å². The fourth-order valence-corrected chi connectivity index (χ4v) is 4.53. The van der Waals surface area contributed by atoms with E-state index >= 15 is 0 Å². The number of carbonyl (C=O) groups excluding carboxylic acids is 1. The quantitative estimate of drug-likeness (QED) is 0.266. The standard InChI is InChI=1S/C22H27BrN4O4S/c1-6-10-31-20(28)17-13(5)24-21-25-22(32-9-4)26-27(21)18(17)14-11-15(23)19(30-8-3)16(12-14)29-7-2/h6,11-12,18H,1,7-10H2,2-5H3,(H,24,25,26). The molecule has 1 aromatic heterocycles. The second kappa shape index (κ2) is 10.9. The summed E-state index contributed by atoms with van der Waals surface area (Å²) >= 11 is 5.13. The molecule has 0 saturated carbocycles. The number of ether oxygens (including phenoxy) is 3. The van der Waals surface area contributed by atoms with Crippen LogP contribution in [0.25, 0.3) is 0 Å². The summed E-state index contributed by atoms with van der Waals surface area (Å²) in [5.74, 6) is 2.14. The van der Waals surface area contributed by atoms with Crippen molar-refractivity contribution in [3.63, 3.8) is 0 Å². The molecule has 32 heavy (non-hydrogen) atoms. The summed E-state index contributed by atoms with van der Waals surface area (Å²) in [6.07, 6.45) is 1.54. The summed E-state index contributed by atoms with van der Waals surface area (Å²) in [4.78, 5) is 17.6. The van der Waals surface area contributed by atoms with Crippen molar-refractivity contribution in [1.82, 2.24) is 14.8 Å². The first-order valence-electron chi connectivity index (χ1n) is 10.4. The van der Waals surface area contributed by atoms with Crippen LogP contribution in [0.15, 0.2) is 45.7 Å². The highest BCUT2D eigenvalue weighted by atomic mass is 79.9. The van der Waals surface area contributed by atoms with Crippen molar-refractivity contribution in [1.29, 1.82) is 0 Å². The van der Waals surface area contributed by atoms with Gasteiger partial charge in [-0.1, -0.05) is 31.3 Å². The number of rotatable bonds is 10. The van der Waals surface area contributed by atoms with Gasteiger partial charge < -0.3 is 19.5 Å². The maximum absolute atomic E-state index is 13.1. The average molecular weight is 523 g/mol. The van der Waals surface area contributed by atoms with Gasteiger partial charge in [-0.25, -0.2) is 9.48 Å². The number of thioether (sulfide) groups is 1. The van der Waals surface area contributed by atoms with E-state index in [1.54, 1.807) is 4.68 Å². The third-order valence-electron chi connectivity index (χ3n) is 4.59. The van der Waals surface area contributed by atoms with Crippen molar-refractivity contribution < 1.29 is 19.0 Å². The zero-order valence-electron chi connectivity index (χ0n) is 18.6. The largest absolute Gasteiger partial charge is 0.490 e. The molecule has 172 valence electrons. The van der Waals surface area contributed by atoms with Gasteiger partial charge >= 0.3 is 5.97 Å². The molecule has 3 rings (SSSR count). The van der Waals surface area contributed by atoms with Crippen molar-refractivity contribution >= 4 is 39.6 Å². The Balaban J connectivity index is 2.19. The molecular weight excluding hydrogens is 496 g/mol. The number of nitrogens with one attached hydrogen (secondary N) is 1. The van der Waals surface area contributed by atoms with E-state index in [9.17, 15) is 4.79 Å². The summed E-state index contributed by atoms with van der Waals surface area (Å²) in [6.45, 7) is 12.4. The van der Waals surface area contributed by atoms with E-state index in [4.69, 9.17) is 14.2 Å². The van der Waals surface area contributed by atoms with Crippen LogP contribution >= 0.6 is 27.7 Å². The Bertz CT molecular complexity index is 1040. The molecule has 0 spiro atoms. The molecule has 2 heterocycles. The lowest BCUT2D eigenvalue weighted by Crippen LogP contribution is -2.29. The summed E-state index contributed by atoms with van der Waals surface area (Å²) in [5.41, 5.74) is 1.88. The minimum Gasteiger partial charge on any atom is -0.490 e. The molecule has 0 amide bonds. The van der Waals surface area contributed by atoms with Crippen LogP contribution in [0, 0.1) is 0 Å². The second-order valence-electron chi connectivity index (χ2n) is 6.74. The Morgan fingerprint density at radius 2 is 2.06 bits per heavy atom. The first-order valence-corrected chi connectivity index (χ1v) is 12.2. The lowest BCUT2D eigenvalue weighted by molar-refractivity contribution is -0.138. The Labute approximate surface area is 200 Å². The smallest absolute Gasteiger partial charge is 0.338 e. The van der Waals surface area contributed by atoms with Gasteiger partial charge in [0.15, 0.2) is 11.5 Å². The van der Waals surface area contributed by atoms with Crippen molar-refractivity contribution in [2.75, 3.05) is 30.9 Å². The van der Waals surface area contributed by atoms with Crippen LogP contribution in [0.3, 0.4) is 0 Å². The van der Waals surface area contributed by atoms with Gasteiger partial charge in [0.1, 0.15) is 12.6 Å². The van der Waals surface area contributed by atoms with E-state index in [0.29, 0.717) is 47.1 Å². The maximum Gasteiger partial charge on any atom is 0.338 e. The van der Waals surface area contributed by atoms with Gasteiger partial charge in [-0.15, -0.1) is 5.10 Å². The number of aromatic nitrogens is 3. The molecule has 2 aromatic rings. The molecule has 1 aromatic carbocycles. The maximum atomic E-state index is 13.1. The summed E-state index contributed by atoms with van der Waals surface area (Å²) in [7, 11) is 0. The molecule has 0 radical (unpaired) electrons. The highest BCUT2D eigenvalue weighted by molar-refractivity contribution is 9.10. The lowest BCUT2D eigenvalue weighted by Gasteiger charge is -2.28. The fourth-order valence-electron chi connectivity index (χ4n) is 3.40. The zero-order valence-corrected chi connectivity index (χ0v) is 21.0. The number of esters is 1. The van der Waals surface area contributed by atoms with Crippen LogP contribution in [-0.4, -0.2) is 46.3 Å². The number of nitrogens with zero attached hydrogens (tertiary/aromatic N) is 3. The minimum atomic E-state index is -0.562. The average Bonchev–Trinajstić information content (AvgIpc) is 3.15. The van der Waals surface area contributed by atoms with Gasteiger partial charge in [0.05, 0.1) is 23.3 Å². The molecule has 1 unspecified atom stereocenters. The van der Waals surface area contributed by atoms with Crippen molar-refractivity contribution in [3.8, 4) is 11.5 Å². The molecule has 0 fully saturated rings. The van der Waals surface area contributed by atoms with E-state index in [0.717, 1.165) is 15.8 Å². The highest BCUT2D eigenvalue weighted by Crippen LogP contribution is 2.43. The number of fused-ring (bicyclic) bond motifs is 1. The van der Waals surface area contributed by atoms with Crippen LogP contribution in [-0.2, 0) is 9.53 Å². The van der Waals surface area contributed by atoms with Crippen LogP contribution in [0.4, 0.5) is 5.95 Å². The molecule has 1 atom stereocenters. The van der Waals surface area contributed by atoms with E-state index in [1.807, 2.05) is 39.8 Å². The lowest BCUT2D eigenvalue weighted by atomic mass is 9.95. The highest BCUT2D eigenvalue weighted by Gasteiger charge is 2.36. The first-order chi connectivity index (χ1) is 15.4. The number of allylic oxidation sites excluding steroid dienone is 1. The van der Waals surface area contributed by atoms with Crippen LogP contribution in [0.1, 0.15) is 39.3 Å². The van der Waals surface area contributed by atoms with Crippen molar-refractivity contribution in [3.05, 3.63) is 46.1 Å². The summed E-state index contributed by atoms with van der Waals surface area (Å²) in [5, 5.41) is 8.49. The number of anilines is 1. The first kappa shape index (κ1) is 24.2. The molecule has 0 saturated heterocycles. The van der Waals surface area contributed by atoms with Gasteiger partial charge in [0, 0.05) is 5.70 Å². The van der Waals surface area contributed by atoms with Gasteiger partial charge in [-0.3, -0.25) is 0 Å². The Hall–Kier alpha value is -2.46. The number of hydrogen-bond acceptors (Lipinski definition) is 8. The normalized spacial score (nSPS) is 15.1. The second-order valence-corrected chi connectivity index (χ2v) is 8.83. The third-order valence-corrected chi connectivity index (χ3v) is 5.90. The van der Waals surface area contributed by atoms with E-state index in [1.165, 1.54) is 17.8 Å². The third kappa shape index (κ3) is 4.96. The molecule has 0 bridgehead atoms. The molecule has 1 N–H and O–H groups in total. The Morgan fingerprint density at radius 1 is 1.31 bits per heavy atom. The number of halogens is 1. The monoisotopic (exact) mass is 522 g/mol. The van der Waals surface area contributed by atoms with Crippen LogP contribution in [0.2, 0.25) is 0 Å². The van der Waals surface area contributed by atoms with Crippen molar-refractivity contribution in [2.45, 2.75) is 38.9 Å². The van der Waals surface area contributed by atoms with Crippen molar-refractivity contribution in [2.24, 2.45) is 0 Å². The van der Waals surface area contributed by atoms with E-state index < -0.39 is 12.0 Å². The van der Waals surface area contributed by atoms with E-state index in [2.05, 4.69) is 37.9 Å². The summed E-state index contributed by atoms with van der Waals surface area (Å²) < 4.78 is 19.5. The van der Waals surface area contributed by atoms with Gasteiger partial charge in [0.25, 0.3) is 0 Å². The molecule has 1 aliphatic heterocycles. The van der Waals surface area contributed by atoms with E-state index in [-0.39, 0.29) is 6.61 Å². The number of carbonyl (C=O) groups is 1. The summed E-state index contributed by atoms with van der Waals surface area (Å²) in [6, 6.07) is 3.23. The molecular formula is C22H27BrN4O4S. The number of benzene rings is 1. The minimum absolute atomic E-state index is 0.112. The predicted octanol–water partition coefficient (Wildman–Crippen LogP) is 4.97. The number of hydrogen-bond donors (Lipinski definition) is 1. The van der Waals surface area contributed by atoms with Crippen LogP contribution in [0.5, 0.6) is 11.5 Å². The molecule has 10 heteroatoms. The Kier molecular flexibility index (Phi) is 8.25. The molecule has 8 nitrogen and oxygen atoms in total. The topological polar surface area (TPSA) is 87.5 Å². The van der Waals surface area contributed by atoms with Crippen LogP contribution < -0.4 is 14.8 Å². The zero-order chi connectivity index (χ0) is 23.3. The van der Waals surface area contributed by atoms with Gasteiger partial charge in [-0.2, -0.15) is 4.98 Å².